The Kier molecular flexibility index (Phi) is 3.22. The van der Waals surface area contributed by atoms with Crippen LogP contribution >= 0.6 is 0 Å². The number of carbonyl (C=O) groups is 1. The molecule has 94 valence electrons. The molecule has 2 N–H and O–H groups in total. The Morgan fingerprint density at radius 1 is 1.33 bits per heavy atom. The van der Waals surface area contributed by atoms with E-state index in [0.717, 1.165) is 5.56 Å². The summed E-state index contributed by atoms with van der Waals surface area (Å²) >= 11 is 0. The summed E-state index contributed by atoms with van der Waals surface area (Å²) in [4.78, 5) is 14.2. The number of nitrogens with two attached hydrogens (primary N) is 1. The van der Waals surface area contributed by atoms with Crippen LogP contribution in [0.1, 0.15) is 0 Å². The Hall–Kier alpha value is -2.44. The lowest BCUT2D eigenvalue weighted by molar-refractivity contribution is -0.129. The van der Waals surface area contributed by atoms with Crippen molar-refractivity contribution in [1.29, 1.82) is 0 Å². The molecule has 0 bridgehead atoms. The molecule has 1 heterocycles. The summed E-state index contributed by atoms with van der Waals surface area (Å²) < 4.78 is 0. The largest absolute Gasteiger partial charge is 0.399 e. The van der Waals surface area contributed by atoms with Gasteiger partial charge in [-0.2, -0.15) is 4.80 Å². The molecular formula is C11H14N6O. The fraction of sp³-hybridized carbons (Fsp3) is 0.273. The molecule has 0 radical (unpaired) electrons. The number of hydrogen-bond donors (Lipinski definition) is 1. The molecule has 0 unspecified atom stereocenters. The predicted octanol–water partition coefficient (Wildman–Crippen LogP) is 0.0105. The van der Waals surface area contributed by atoms with Crippen molar-refractivity contribution in [2.75, 3.05) is 19.8 Å². The number of aromatic nitrogens is 4. The second kappa shape index (κ2) is 4.82. The summed E-state index contributed by atoms with van der Waals surface area (Å²) in [6, 6.07) is 7.15. The Labute approximate surface area is 104 Å². The average molecular weight is 246 g/mol. The molecule has 1 aromatic carbocycles. The molecule has 1 aromatic heterocycles. The van der Waals surface area contributed by atoms with Crippen molar-refractivity contribution in [1.82, 2.24) is 25.1 Å². The fourth-order valence-corrected chi connectivity index (χ4v) is 1.32. The first-order chi connectivity index (χ1) is 8.56. The fourth-order valence-electron chi connectivity index (χ4n) is 1.32. The highest BCUT2D eigenvalue weighted by Gasteiger charge is 2.10. The van der Waals surface area contributed by atoms with Crippen LogP contribution in [0, 0.1) is 0 Å². The molecule has 18 heavy (non-hydrogen) atoms. The van der Waals surface area contributed by atoms with Crippen LogP contribution in [-0.4, -0.2) is 45.1 Å². The maximum atomic E-state index is 11.5. The van der Waals surface area contributed by atoms with E-state index in [0.29, 0.717) is 11.5 Å². The second-order valence-electron chi connectivity index (χ2n) is 4.05. The number of tetrazole rings is 1. The number of likely N-dealkylation sites (N-methyl/N-ethyl adjacent to an activating group) is 1. The Morgan fingerprint density at radius 3 is 2.61 bits per heavy atom. The van der Waals surface area contributed by atoms with E-state index in [1.165, 1.54) is 9.70 Å². The van der Waals surface area contributed by atoms with Crippen molar-refractivity contribution >= 4 is 11.6 Å². The third-order valence-corrected chi connectivity index (χ3v) is 2.40. The summed E-state index contributed by atoms with van der Waals surface area (Å²) in [6.07, 6.45) is 0. The van der Waals surface area contributed by atoms with E-state index in [1.807, 2.05) is 12.1 Å². The maximum Gasteiger partial charge on any atom is 0.245 e. The van der Waals surface area contributed by atoms with E-state index in [-0.39, 0.29) is 12.5 Å². The molecule has 0 aliphatic rings. The summed E-state index contributed by atoms with van der Waals surface area (Å²) in [5.41, 5.74) is 7.08. The SMILES string of the molecule is CN(C)C(=O)Cn1nnc(-c2ccc(N)cc2)n1. The highest BCUT2D eigenvalue weighted by Crippen LogP contribution is 2.14. The van der Waals surface area contributed by atoms with Gasteiger partial charge in [0.2, 0.25) is 11.7 Å². The minimum absolute atomic E-state index is 0.0783. The molecule has 0 aliphatic heterocycles. The van der Waals surface area contributed by atoms with Crippen LogP contribution in [0.15, 0.2) is 24.3 Å². The molecule has 2 aromatic rings. The predicted molar refractivity (Wildman–Crippen MR) is 66.4 cm³/mol. The van der Waals surface area contributed by atoms with Gasteiger partial charge in [0.15, 0.2) is 0 Å². The first kappa shape index (κ1) is 12.0. The normalized spacial score (nSPS) is 10.3. The average Bonchev–Trinajstić information content (AvgIpc) is 2.78. The Bertz CT molecular complexity index is 545. The van der Waals surface area contributed by atoms with E-state index in [1.54, 1.807) is 26.2 Å². The zero-order valence-corrected chi connectivity index (χ0v) is 10.2. The Morgan fingerprint density at radius 2 is 2.00 bits per heavy atom. The van der Waals surface area contributed by atoms with Gasteiger partial charge in [-0.1, -0.05) is 0 Å². The number of carbonyl (C=O) groups excluding carboxylic acids is 1. The van der Waals surface area contributed by atoms with Crippen molar-refractivity contribution < 1.29 is 4.79 Å². The maximum absolute atomic E-state index is 11.5. The minimum atomic E-state index is -0.0868. The molecule has 0 atom stereocenters. The molecule has 0 saturated heterocycles. The van der Waals surface area contributed by atoms with E-state index < -0.39 is 0 Å². The molecular weight excluding hydrogens is 232 g/mol. The molecule has 0 saturated carbocycles. The lowest BCUT2D eigenvalue weighted by Crippen LogP contribution is -2.27. The Balaban J connectivity index is 2.15. The smallest absolute Gasteiger partial charge is 0.245 e. The van der Waals surface area contributed by atoms with E-state index in [2.05, 4.69) is 15.4 Å². The minimum Gasteiger partial charge on any atom is -0.399 e. The van der Waals surface area contributed by atoms with Crippen molar-refractivity contribution in [3.63, 3.8) is 0 Å². The van der Waals surface area contributed by atoms with Crippen molar-refractivity contribution in [3.8, 4) is 11.4 Å². The lowest BCUT2D eigenvalue weighted by Gasteiger charge is -2.08. The van der Waals surface area contributed by atoms with Gasteiger partial charge in [-0.05, 0) is 29.5 Å². The first-order valence-corrected chi connectivity index (χ1v) is 5.40. The summed E-state index contributed by atoms with van der Waals surface area (Å²) in [5.74, 6) is 0.387. The van der Waals surface area contributed by atoms with Crippen molar-refractivity contribution in [2.45, 2.75) is 6.54 Å². The van der Waals surface area contributed by atoms with Crippen LogP contribution < -0.4 is 5.73 Å². The number of rotatable bonds is 3. The quantitative estimate of drug-likeness (QED) is 0.770. The third kappa shape index (κ3) is 2.62. The van der Waals surface area contributed by atoms with Crippen LogP contribution in [-0.2, 0) is 11.3 Å². The molecule has 0 spiro atoms. The molecule has 2 rings (SSSR count). The van der Waals surface area contributed by atoms with Gasteiger partial charge in [0.1, 0.15) is 6.54 Å². The number of nitrogen functional groups attached to an aromatic ring is 1. The van der Waals surface area contributed by atoms with Crippen LogP contribution in [0.2, 0.25) is 0 Å². The lowest BCUT2D eigenvalue weighted by atomic mass is 10.2. The van der Waals surface area contributed by atoms with Crippen LogP contribution in [0.4, 0.5) is 5.69 Å². The van der Waals surface area contributed by atoms with Crippen molar-refractivity contribution in [3.05, 3.63) is 24.3 Å². The van der Waals surface area contributed by atoms with Crippen molar-refractivity contribution in [2.24, 2.45) is 0 Å². The van der Waals surface area contributed by atoms with Crippen LogP contribution in [0.5, 0.6) is 0 Å². The zero-order valence-electron chi connectivity index (χ0n) is 10.2. The number of amides is 1. The standard InChI is InChI=1S/C11H14N6O/c1-16(2)10(18)7-17-14-11(13-15-17)8-3-5-9(12)6-4-8/h3-6H,7,12H2,1-2H3. The van der Waals surface area contributed by atoms with Gasteiger partial charge in [0.05, 0.1) is 0 Å². The molecule has 7 nitrogen and oxygen atoms in total. The summed E-state index contributed by atoms with van der Waals surface area (Å²) in [5, 5.41) is 11.9. The molecule has 7 heteroatoms. The summed E-state index contributed by atoms with van der Waals surface area (Å²) in [7, 11) is 3.36. The first-order valence-electron chi connectivity index (χ1n) is 5.40. The summed E-state index contributed by atoms with van der Waals surface area (Å²) in [6.45, 7) is 0.0783. The van der Waals surface area contributed by atoms with Gasteiger partial charge < -0.3 is 10.6 Å². The third-order valence-electron chi connectivity index (χ3n) is 2.40. The second-order valence-corrected chi connectivity index (χ2v) is 4.05. The number of hydrogen-bond acceptors (Lipinski definition) is 5. The molecule has 0 aliphatic carbocycles. The van der Waals surface area contributed by atoms with E-state index >= 15 is 0 Å². The number of anilines is 1. The van der Waals surface area contributed by atoms with Gasteiger partial charge in [0, 0.05) is 25.3 Å². The number of benzene rings is 1. The van der Waals surface area contributed by atoms with Gasteiger partial charge in [-0.3, -0.25) is 4.79 Å². The topological polar surface area (TPSA) is 89.9 Å². The van der Waals surface area contributed by atoms with Gasteiger partial charge in [-0.25, -0.2) is 0 Å². The highest BCUT2D eigenvalue weighted by molar-refractivity contribution is 5.75. The molecule has 1 amide bonds. The molecule has 0 fully saturated rings. The van der Waals surface area contributed by atoms with Crippen LogP contribution in [0.25, 0.3) is 11.4 Å². The zero-order chi connectivity index (χ0) is 13.1. The van der Waals surface area contributed by atoms with Gasteiger partial charge in [0.25, 0.3) is 0 Å². The van der Waals surface area contributed by atoms with Crippen LogP contribution in [0.3, 0.4) is 0 Å². The van der Waals surface area contributed by atoms with E-state index in [9.17, 15) is 4.79 Å². The highest BCUT2D eigenvalue weighted by atomic mass is 16.2. The number of nitrogens with zero attached hydrogens (tertiary/aromatic N) is 5. The monoisotopic (exact) mass is 246 g/mol. The van der Waals surface area contributed by atoms with Gasteiger partial charge in [-0.15, -0.1) is 10.2 Å². The van der Waals surface area contributed by atoms with E-state index in [4.69, 9.17) is 5.73 Å². The van der Waals surface area contributed by atoms with Gasteiger partial charge >= 0.3 is 0 Å².